The van der Waals surface area contributed by atoms with Crippen molar-refractivity contribution in [2.24, 2.45) is 0 Å². The van der Waals surface area contributed by atoms with Crippen LogP contribution in [0, 0.1) is 0 Å². The van der Waals surface area contributed by atoms with Gasteiger partial charge in [0.25, 0.3) is 0 Å². The first-order chi connectivity index (χ1) is 21.5. The Morgan fingerprint density at radius 3 is 1.91 bits per heavy atom. The van der Waals surface area contributed by atoms with Gasteiger partial charge in [-0.15, -0.1) is 0 Å². The monoisotopic (exact) mass is 643 g/mol. The molecule has 1 saturated heterocycles. The fourth-order valence-corrected chi connectivity index (χ4v) is 5.85. The maximum atomic E-state index is 12.6. The highest BCUT2D eigenvalue weighted by atomic mass is 31.2. The van der Waals surface area contributed by atoms with Gasteiger partial charge in [-0.05, 0) is 6.42 Å². The molecule has 0 bridgehead atoms. The smallest absolute Gasteiger partial charge is 0.441 e. The summed E-state index contributed by atoms with van der Waals surface area (Å²) >= 11 is 0. The zero-order valence-corrected chi connectivity index (χ0v) is 28.2. The zero-order valence-electron chi connectivity index (χ0n) is 27.3. The lowest BCUT2D eigenvalue weighted by Gasteiger charge is -2.28. The number of amides is 1. The second kappa shape index (κ2) is 25.6. The third kappa shape index (κ3) is 20.5. The van der Waals surface area contributed by atoms with E-state index in [9.17, 15) is 14.3 Å². The molecule has 2 unspecified atom stereocenters. The number of phosphoric ester groups is 1. The van der Waals surface area contributed by atoms with E-state index in [1.54, 1.807) is 4.90 Å². The van der Waals surface area contributed by atoms with E-state index in [-0.39, 0.29) is 19.8 Å². The number of carbonyl (C=O) groups is 1. The number of ether oxygens (including phenoxy) is 3. The van der Waals surface area contributed by atoms with Gasteiger partial charge in [0, 0.05) is 31.8 Å². The average molecular weight is 644 g/mol. The number of aromatic nitrogens is 1. The van der Waals surface area contributed by atoms with Gasteiger partial charge in [0.05, 0.1) is 26.4 Å². The minimum absolute atomic E-state index is 0.00353. The Balaban J connectivity index is 1.55. The minimum atomic E-state index is -4.33. The van der Waals surface area contributed by atoms with Crippen LogP contribution in [0.3, 0.4) is 0 Å². The molecular formula is C33H60N2O8P+. The van der Waals surface area contributed by atoms with Crippen LogP contribution in [0.15, 0.2) is 30.6 Å². The Morgan fingerprint density at radius 2 is 1.34 bits per heavy atom. The van der Waals surface area contributed by atoms with Crippen molar-refractivity contribution in [1.82, 2.24) is 4.90 Å². The molecule has 1 aliphatic rings. The molecule has 0 aliphatic carbocycles. The van der Waals surface area contributed by atoms with Crippen molar-refractivity contribution in [3.05, 3.63) is 30.6 Å². The summed E-state index contributed by atoms with van der Waals surface area (Å²) in [5, 5.41) is 0. The van der Waals surface area contributed by atoms with Gasteiger partial charge in [-0.25, -0.2) is 13.9 Å². The number of pyridine rings is 1. The maximum Gasteiger partial charge on any atom is 0.472 e. The standard InChI is InChI=1S/C33H59N2O8P/c1-2-3-4-5-6-7-8-9-10-11-12-13-14-15-16-20-26-40-30-32(43-33(36)35-24-27-39-28-25-35)31-42-44(37,38)41-29-23-34-21-18-17-19-22-34/h17-19,21-22,32H,2-16,20,23-31H2,1H3/p+1. The van der Waals surface area contributed by atoms with Gasteiger partial charge in [0.1, 0.15) is 6.61 Å². The van der Waals surface area contributed by atoms with E-state index in [1.807, 2.05) is 35.2 Å². The average Bonchev–Trinajstić information content (AvgIpc) is 3.03. The van der Waals surface area contributed by atoms with E-state index < -0.39 is 20.0 Å². The molecule has 10 nitrogen and oxygen atoms in total. The van der Waals surface area contributed by atoms with Gasteiger partial charge in [0.15, 0.2) is 25.0 Å². The van der Waals surface area contributed by atoms with Crippen molar-refractivity contribution in [1.29, 1.82) is 0 Å². The number of carbonyl (C=O) groups excluding carboxylic acids is 1. The third-order valence-corrected chi connectivity index (χ3v) is 8.77. The number of hydrogen-bond donors (Lipinski definition) is 1. The second-order valence-corrected chi connectivity index (χ2v) is 13.1. The molecule has 1 aromatic heterocycles. The first-order valence-corrected chi connectivity index (χ1v) is 18.7. The van der Waals surface area contributed by atoms with Gasteiger partial charge >= 0.3 is 13.9 Å². The van der Waals surface area contributed by atoms with Crippen molar-refractivity contribution in [2.75, 3.05) is 52.7 Å². The summed E-state index contributed by atoms with van der Waals surface area (Å²) in [5.41, 5.74) is 0. The Bertz CT molecular complexity index is 873. The summed E-state index contributed by atoms with van der Waals surface area (Å²) in [6, 6.07) is 5.61. The highest BCUT2D eigenvalue weighted by Gasteiger charge is 2.27. The van der Waals surface area contributed by atoms with Crippen molar-refractivity contribution < 1.29 is 42.1 Å². The summed E-state index contributed by atoms with van der Waals surface area (Å²) in [5.74, 6) is 0. The van der Waals surface area contributed by atoms with Crippen LogP contribution in [0.25, 0.3) is 0 Å². The van der Waals surface area contributed by atoms with Crippen LogP contribution in [-0.4, -0.2) is 74.7 Å². The molecule has 1 aromatic rings. The highest BCUT2D eigenvalue weighted by Crippen LogP contribution is 2.43. The second-order valence-electron chi connectivity index (χ2n) is 11.7. The van der Waals surface area contributed by atoms with Crippen LogP contribution in [0.2, 0.25) is 0 Å². The van der Waals surface area contributed by atoms with Gasteiger partial charge in [-0.1, -0.05) is 109 Å². The SMILES string of the molecule is CCCCCCCCCCCCCCCCCCOCC(COP(=O)(O)OCC[n+]1ccccc1)OC(=O)N1CCOCC1. The molecule has 254 valence electrons. The normalized spacial score (nSPS) is 15.6. The predicted molar refractivity (Wildman–Crippen MR) is 171 cm³/mol. The van der Waals surface area contributed by atoms with E-state index in [0.717, 1.165) is 12.8 Å². The van der Waals surface area contributed by atoms with Crippen LogP contribution in [-0.2, 0) is 34.4 Å². The van der Waals surface area contributed by atoms with E-state index >= 15 is 0 Å². The molecule has 1 aliphatic heterocycles. The lowest BCUT2D eigenvalue weighted by molar-refractivity contribution is -0.697. The van der Waals surface area contributed by atoms with Crippen LogP contribution >= 0.6 is 7.82 Å². The fourth-order valence-electron chi connectivity index (χ4n) is 5.11. The first-order valence-electron chi connectivity index (χ1n) is 17.2. The zero-order chi connectivity index (χ0) is 31.6. The lowest BCUT2D eigenvalue weighted by Crippen LogP contribution is -2.43. The van der Waals surface area contributed by atoms with Crippen LogP contribution < -0.4 is 4.57 Å². The molecule has 0 radical (unpaired) electrons. The molecule has 0 aromatic carbocycles. The van der Waals surface area contributed by atoms with E-state index in [2.05, 4.69) is 6.92 Å². The van der Waals surface area contributed by atoms with E-state index in [0.29, 0.717) is 39.5 Å². The van der Waals surface area contributed by atoms with Crippen LogP contribution in [0.5, 0.6) is 0 Å². The Labute approximate surface area is 266 Å². The largest absolute Gasteiger partial charge is 0.472 e. The molecule has 1 N–H and O–H groups in total. The lowest BCUT2D eigenvalue weighted by atomic mass is 10.0. The van der Waals surface area contributed by atoms with Gasteiger partial charge in [-0.2, -0.15) is 0 Å². The molecule has 44 heavy (non-hydrogen) atoms. The van der Waals surface area contributed by atoms with Crippen molar-refractivity contribution >= 4 is 13.9 Å². The number of phosphoric acid groups is 1. The Hall–Kier alpha value is -1.55. The summed E-state index contributed by atoms with van der Waals surface area (Å²) in [6.07, 6.45) is 23.2. The Morgan fingerprint density at radius 1 is 0.795 bits per heavy atom. The molecule has 1 amide bonds. The number of nitrogens with zero attached hydrogens (tertiary/aromatic N) is 2. The Kier molecular flexibility index (Phi) is 22.5. The molecule has 0 saturated carbocycles. The number of morpholine rings is 1. The molecule has 0 spiro atoms. The summed E-state index contributed by atoms with van der Waals surface area (Å²) < 4.78 is 41.2. The fraction of sp³-hybridized carbons (Fsp3) is 0.818. The van der Waals surface area contributed by atoms with E-state index in [4.69, 9.17) is 23.3 Å². The molecule has 2 atom stereocenters. The molecule has 11 heteroatoms. The van der Waals surface area contributed by atoms with Gasteiger partial charge in [0.2, 0.25) is 0 Å². The number of rotatable bonds is 27. The van der Waals surface area contributed by atoms with Crippen LogP contribution in [0.4, 0.5) is 4.79 Å². The molecule has 1 fully saturated rings. The topological polar surface area (TPSA) is 108 Å². The van der Waals surface area contributed by atoms with Gasteiger partial charge in [-0.3, -0.25) is 9.05 Å². The first kappa shape index (κ1) is 38.6. The minimum Gasteiger partial charge on any atom is -0.441 e. The number of hydrogen-bond acceptors (Lipinski definition) is 7. The maximum absolute atomic E-state index is 12.6. The van der Waals surface area contributed by atoms with E-state index in [1.165, 1.54) is 89.9 Å². The van der Waals surface area contributed by atoms with Crippen molar-refractivity contribution in [2.45, 2.75) is 122 Å². The molecule has 2 rings (SSSR count). The molecular weight excluding hydrogens is 583 g/mol. The quantitative estimate of drug-likeness (QED) is 0.0608. The summed E-state index contributed by atoms with van der Waals surface area (Å²) in [7, 11) is -4.33. The number of unbranched alkanes of at least 4 members (excludes halogenated alkanes) is 15. The highest BCUT2D eigenvalue weighted by molar-refractivity contribution is 7.47. The van der Waals surface area contributed by atoms with Crippen molar-refractivity contribution in [3.63, 3.8) is 0 Å². The summed E-state index contributed by atoms with van der Waals surface area (Å²) in [4.78, 5) is 24.3. The van der Waals surface area contributed by atoms with Gasteiger partial charge < -0.3 is 24.0 Å². The summed E-state index contributed by atoms with van der Waals surface area (Å²) in [6.45, 7) is 4.74. The third-order valence-electron chi connectivity index (χ3n) is 7.79. The molecule has 2 heterocycles. The van der Waals surface area contributed by atoms with Crippen molar-refractivity contribution in [3.8, 4) is 0 Å². The predicted octanol–water partition coefficient (Wildman–Crippen LogP) is 7.22. The van der Waals surface area contributed by atoms with Crippen LogP contribution in [0.1, 0.15) is 110 Å².